The average Bonchev–Trinajstić information content (AvgIpc) is 2.90. The summed E-state index contributed by atoms with van der Waals surface area (Å²) in [5.41, 5.74) is 3.69. The van der Waals surface area contributed by atoms with E-state index in [1.165, 1.54) is 18.1 Å². The molecule has 0 radical (unpaired) electrons. The highest BCUT2D eigenvalue weighted by Crippen LogP contribution is 2.30. The Hall–Kier alpha value is -2.62. The Morgan fingerprint density at radius 2 is 1.91 bits per heavy atom. The first-order valence-electron chi connectivity index (χ1n) is 7.40. The Morgan fingerprint density at radius 1 is 1.09 bits per heavy atom. The zero-order chi connectivity index (χ0) is 15.5. The van der Waals surface area contributed by atoms with Gasteiger partial charge in [-0.15, -0.1) is 0 Å². The Balaban J connectivity index is 1.74. The van der Waals surface area contributed by atoms with Gasteiger partial charge in [0.2, 0.25) is 5.91 Å². The lowest BCUT2D eigenvalue weighted by Gasteiger charge is -2.14. The third kappa shape index (κ3) is 3.01. The van der Waals surface area contributed by atoms with Crippen LogP contribution in [0.4, 0.5) is 5.69 Å². The maximum atomic E-state index is 12.4. The summed E-state index contributed by atoms with van der Waals surface area (Å²) in [6.45, 7) is 1.45. The second-order valence-corrected chi connectivity index (χ2v) is 5.53. The van der Waals surface area contributed by atoms with Crippen LogP contribution in [0.3, 0.4) is 0 Å². The van der Waals surface area contributed by atoms with Gasteiger partial charge < -0.3 is 10.6 Å². The Bertz CT molecular complexity index is 725. The fraction of sp³-hybridized carbons (Fsp3) is 0.222. The Labute approximate surface area is 129 Å². The fourth-order valence-corrected chi connectivity index (χ4v) is 2.89. The van der Waals surface area contributed by atoms with Crippen LogP contribution in [-0.2, 0) is 11.2 Å². The normalized spacial score (nSPS) is 16.0. The molecule has 0 saturated carbocycles. The van der Waals surface area contributed by atoms with Crippen molar-refractivity contribution in [2.45, 2.75) is 25.8 Å². The van der Waals surface area contributed by atoms with Gasteiger partial charge in [-0.2, -0.15) is 0 Å². The van der Waals surface area contributed by atoms with Crippen LogP contribution < -0.4 is 10.6 Å². The number of hydrogen-bond donors (Lipinski definition) is 2. The largest absolute Gasteiger partial charge is 0.345 e. The lowest BCUT2D eigenvalue weighted by molar-refractivity contribution is -0.114. The molecule has 0 aromatic heterocycles. The summed E-state index contributed by atoms with van der Waals surface area (Å²) in [7, 11) is 0. The number of fused-ring (bicyclic) bond motifs is 1. The standard InChI is InChI=1S/C18H18N2O2/c1-12(21)19-15-7-4-6-14(11-15)18(22)20-17-10-9-13-5-2-3-8-16(13)17/h2-8,11,17H,9-10H2,1H3,(H,19,21)(H,20,22)/t17-/m1/s1. The maximum Gasteiger partial charge on any atom is 0.251 e. The summed E-state index contributed by atoms with van der Waals surface area (Å²) in [5.74, 6) is -0.267. The first kappa shape index (κ1) is 14.3. The number of benzene rings is 2. The summed E-state index contributed by atoms with van der Waals surface area (Å²) in [5, 5.41) is 5.77. The molecule has 0 fully saturated rings. The van der Waals surface area contributed by atoms with Crippen molar-refractivity contribution in [1.82, 2.24) is 5.32 Å². The molecule has 112 valence electrons. The maximum absolute atomic E-state index is 12.4. The van der Waals surface area contributed by atoms with Crippen molar-refractivity contribution >= 4 is 17.5 Å². The molecule has 0 heterocycles. The average molecular weight is 294 g/mol. The second kappa shape index (κ2) is 6.02. The zero-order valence-corrected chi connectivity index (χ0v) is 12.4. The smallest absolute Gasteiger partial charge is 0.251 e. The predicted molar refractivity (Wildman–Crippen MR) is 85.7 cm³/mol. The Kier molecular flexibility index (Phi) is 3.92. The van der Waals surface area contributed by atoms with Crippen molar-refractivity contribution < 1.29 is 9.59 Å². The van der Waals surface area contributed by atoms with Crippen LogP contribution in [0.15, 0.2) is 48.5 Å². The van der Waals surface area contributed by atoms with Crippen LogP contribution >= 0.6 is 0 Å². The SMILES string of the molecule is CC(=O)Nc1cccc(C(=O)N[C@@H]2CCc3ccccc32)c1. The molecule has 2 amide bonds. The monoisotopic (exact) mass is 294 g/mol. The number of aryl methyl sites for hydroxylation is 1. The molecule has 0 spiro atoms. The number of carbonyl (C=O) groups excluding carboxylic acids is 2. The van der Waals surface area contributed by atoms with Crippen LogP contribution in [0.5, 0.6) is 0 Å². The van der Waals surface area contributed by atoms with Crippen LogP contribution in [0.1, 0.15) is 40.9 Å². The van der Waals surface area contributed by atoms with Gasteiger partial charge in [-0.05, 0) is 42.2 Å². The highest BCUT2D eigenvalue weighted by Gasteiger charge is 2.23. The van der Waals surface area contributed by atoms with E-state index >= 15 is 0 Å². The lowest BCUT2D eigenvalue weighted by Crippen LogP contribution is -2.27. The molecule has 0 aliphatic heterocycles. The number of hydrogen-bond acceptors (Lipinski definition) is 2. The van der Waals surface area contributed by atoms with E-state index < -0.39 is 0 Å². The molecule has 2 aromatic rings. The van der Waals surface area contributed by atoms with Crippen LogP contribution in [0.2, 0.25) is 0 Å². The highest BCUT2D eigenvalue weighted by atomic mass is 16.2. The number of carbonyl (C=O) groups is 2. The first-order chi connectivity index (χ1) is 10.6. The minimum absolute atomic E-state index is 0.0631. The predicted octanol–water partition coefficient (Wildman–Crippen LogP) is 3.06. The van der Waals surface area contributed by atoms with E-state index in [0.29, 0.717) is 11.3 Å². The van der Waals surface area contributed by atoms with Crippen molar-refractivity contribution in [1.29, 1.82) is 0 Å². The quantitative estimate of drug-likeness (QED) is 0.914. The first-order valence-corrected chi connectivity index (χ1v) is 7.40. The molecule has 0 saturated heterocycles. The molecule has 4 heteroatoms. The van der Waals surface area contributed by atoms with Gasteiger partial charge >= 0.3 is 0 Å². The van der Waals surface area contributed by atoms with E-state index in [1.807, 2.05) is 12.1 Å². The van der Waals surface area contributed by atoms with Gasteiger partial charge in [-0.1, -0.05) is 30.3 Å². The topological polar surface area (TPSA) is 58.2 Å². The molecule has 3 rings (SSSR count). The molecule has 4 nitrogen and oxygen atoms in total. The summed E-state index contributed by atoms with van der Waals surface area (Å²) >= 11 is 0. The Morgan fingerprint density at radius 3 is 2.73 bits per heavy atom. The van der Waals surface area contributed by atoms with Gasteiger partial charge in [0.25, 0.3) is 5.91 Å². The summed E-state index contributed by atoms with van der Waals surface area (Å²) < 4.78 is 0. The van der Waals surface area contributed by atoms with E-state index in [0.717, 1.165) is 12.8 Å². The van der Waals surface area contributed by atoms with E-state index in [1.54, 1.807) is 24.3 Å². The third-order valence-corrected chi connectivity index (χ3v) is 3.88. The number of amides is 2. The molecule has 0 unspecified atom stereocenters. The van der Waals surface area contributed by atoms with E-state index in [-0.39, 0.29) is 17.9 Å². The van der Waals surface area contributed by atoms with Gasteiger partial charge in [-0.25, -0.2) is 0 Å². The van der Waals surface area contributed by atoms with Crippen LogP contribution in [0, 0.1) is 0 Å². The summed E-state index contributed by atoms with van der Waals surface area (Å²) in [6, 6.07) is 15.2. The number of rotatable bonds is 3. The molecular formula is C18H18N2O2. The van der Waals surface area contributed by atoms with Gasteiger partial charge in [0.15, 0.2) is 0 Å². The van der Waals surface area contributed by atoms with Crippen molar-refractivity contribution in [2.24, 2.45) is 0 Å². The zero-order valence-electron chi connectivity index (χ0n) is 12.4. The molecule has 1 atom stereocenters. The van der Waals surface area contributed by atoms with Crippen molar-refractivity contribution in [3.63, 3.8) is 0 Å². The van der Waals surface area contributed by atoms with E-state index in [9.17, 15) is 9.59 Å². The van der Waals surface area contributed by atoms with E-state index in [2.05, 4.69) is 22.8 Å². The summed E-state index contributed by atoms with van der Waals surface area (Å²) in [6.07, 6.45) is 1.92. The lowest BCUT2D eigenvalue weighted by atomic mass is 10.1. The van der Waals surface area contributed by atoms with Crippen molar-refractivity contribution in [2.75, 3.05) is 5.32 Å². The van der Waals surface area contributed by atoms with Crippen molar-refractivity contribution in [3.8, 4) is 0 Å². The minimum atomic E-state index is -0.151. The second-order valence-electron chi connectivity index (χ2n) is 5.53. The van der Waals surface area contributed by atoms with Gasteiger partial charge in [0.1, 0.15) is 0 Å². The van der Waals surface area contributed by atoms with Crippen LogP contribution in [0.25, 0.3) is 0 Å². The molecule has 2 N–H and O–H groups in total. The molecule has 1 aliphatic rings. The molecule has 1 aliphatic carbocycles. The third-order valence-electron chi connectivity index (χ3n) is 3.88. The molecular weight excluding hydrogens is 276 g/mol. The van der Waals surface area contributed by atoms with Crippen LogP contribution in [-0.4, -0.2) is 11.8 Å². The fourth-order valence-electron chi connectivity index (χ4n) is 2.89. The van der Waals surface area contributed by atoms with E-state index in [4.69, 9.17) is 0 Å². The highest BCUT2D eigenvalue weighted by molar-refractivity contribution is 5.97. The van der Waals surface area contributed by atoms with Gasteiger partial charge in [-0.3, -0.25) is 9.59 Å². The van der Waals surface area contributed by atoms with Crippen molar-refractivity contribution in [3.05, 3.63) is 65.2 Å². The van der Waals surface area contributed by atoms with Gasteiger partial charge in [0, 0.05) is 18.2 Å². The summed E-state index contributed by atoms with van der Waals surface area (Å²) in [4.78, 5) is 23.5. The molecule has 22 heavy (non-hydrogen) atoms. The number of nitrogens with one attached hydrogen (secondary N) is 2. The minimum Gasteiger partial charge on any atom is -0.345 e. The number of anilines is 1. The molecule has 0 bridgehead atoms. The molecule has 2 aromatic carbocycles. The van der Waals surface area contributed by atoms with Gasteiger partial charge in [0.05, 0.1) is 6.04 Å².